The fourth-order valence-corrected chi connectivity index (χ4v) is 1.77. The Labute approximate surface area is 76.5 Å². The maximum Gasteiger partial charge on any atom is 0.299 e. The molecule has 1 aliphatic heterocycles. The molecule has 4 heteroatoms. The van der Waals surface area contributed by atoms with Crippen LogP contribution in [-0.4, -0.2) is 16.0 Å². The SMILES string of the molecule is Cc1c(OC=O)nc2n1CCCC2. The van der Waals surface area contributed by atoms with Gasteiger partial charge in [0, 0.05) is 13.0 Å². The molecule has 0 saturated carbocycles. The molecule has 2 rings (SSSR count). The van der Waals surface area contributed by atoms with Crippen LogP contribution < -0.4 is 4.74 Å². The van der Waals surface area contributed by atoms with Gasteiger partial charge in [-0.05, 0) is 19.8 Å². The van der Waals surface area contributed by atoms with E-state index in [9.17, 15) is 4.79 Å². The van der Waals surface area contributed by atoms with Gasteiger partial charge in [0.05, 0.1) is 5.69 Å². The fourth-order valence-electron chi connectivity index (χ4n) is 1.77. The lowest BCUT2D eigenvalue weighted by molar-refractivity contribution is -0.120. The summed E-state index contributed by atoms with van der Waals surface area (Å²) in [6.07, 6.45) is 3.35. The highest BCUT2D eigenvalue weighted by Gasteiger charge is 2.17. The van der Waals surface area contributed by atoms with Gasteiger partial charge in [-0.1, -0.05) is 0 Å². The molecule has 0 aromatic carbocycles. The minimum Gasteiger partial charge on any atom is -0.408 e. The fraction of sp³-hybridized carbons (Fsp3) is 0.556. The van der Waals surface area contributed by atoms with E-state index in [0.29, 0.717) is 12.4 Å². The van der Waals surface area contributed by atoms with Gasteiger partial charge in [-0.25, -0.2) is 0 Å². The standard InChI is InChI=1S/C9H12N2O2/c1-7-9(13-6-12)10-8-4-2-3-5-11(7)8/h6H,2-5H2,1H3. The highest BCUT2D eigenvalue weighted by molar-refractivity contribution is 5.44. The van der Waals surface area contributed by atoms with Gasteiger partial charge in [0.25, 0.3) is 6.47 Å². The second kappa shape index (κ2) is 3.20. The lowest BCUT2D eigenvalue weighted by Gasteiger charge is -2.13. The van der Waals surface area contributed by atoms with Crippen molar-refractivity contribution >= 4 is 6.47 Å². The van der Waals surface area contributed by atoms with Gasteiger partial charge in [-0.15, -0.1) is 0 Å². The molecule has 0 unspecified atom stereocenters. The van der Waals surface area contributed by atoms with Crippen LogP contribution in [0.5, 0.6) is 5.88 Å². The minimum absolute atomic E-state index is 0.432. The first kappa shape index (κ1) is 8.29. The second-order valence-electron chi connectivity index (χ2n) is 3.24. The van der Waals surface area contributed by atoms with Crippen LogP contribution in [0, 0.1) is 6.92 Å². The summed E-state index contributed by atoms with van der Waals surface area (Å²) in [4.78, 5) is 14.4. The van der Waals surface area contributed by atoms with E-state index in [1.165, 1.54) is 12.8 Å². The van der Waals surface area contributed by atoms with Gasteiger partial charge in [0.15, 0.2) is 0 Å². The number of ether oxygens (including phenoxy) is 1. The molecule has 0 bridgehead atoms. The number of nitrogens with zero attached hydrogens (tertiary/aromatic N) is 2. The van der Waals surface area contributed by atoms with Crippen molar-refractivity contribution in [3.05, 3.63) is 11.5 Å². The number of hydrogen-bond acceptors (Lipinski definition) is 3. The maximum atomic E-state index is 10.2. The van der Waals surface area contributed by atoms with Gasteiger partial charge in [0.2, 0.25) is 5.88 Å². The highest BCUT2D eigenvalue weighted by atomic mass is 16.5. The first-order chi connectivity index (χ1) is 6.33. The Kier molecular flexibility index (Phi) is 2.04. The summed E-state index contributed by atoms with van der Waals surface area (Å²) in [6, 6.07) is 0. The van der Waals surface area contributed by atoms with E-state index in [2.05, 4.69) is 9.55 Å². The quantitative estimate of drug-likeness (QED) is 0.639. The molecule has 0 aliphatic carbocycles. The lowest BCUT2D eigenvalue weighted by Crippen LogP contribution is -2.11. The number of carbonyl (C=O) groups is 1. The second-order valence-corrected chi connectivity index (χ2v) is 3.24. The van der Waals surface area contributed by atoms with Crippen molar-refractivity contribution in [2.45, 2.75) is 32.7 Å². The largest absolute Gasteiger partial charge is 0.408 e. The zero-order chi connectivity index (χ0) is 9.26. The molecule has 0 N–H and O–H groups in total. The summed E-state index contributed by atoms with van der Waals surface area (Å²) in [5, 5.41) is 0. The van der Waals surface area contributed by atoms with E-state index in [1.807, 2.05) is 6.92 Å². The van der Waals surface area contributed by atoms with Gasteiger partial charge in [-0.3, -0.25) is 4.79 Å². The van der Waals surface area contributed by atoms with Crippen molar-refractivity contribution in [3.63, 3.8) is 0 Å². The number of hydrogen-bond donors (Lipinski definition) is 0. The Balaban J connectivity index is 2.38. The first-order valence-electron chi connectivity index (χ1n) is 4.49. The maximum absolute atomic E-state index is 10.2. The molecule has 1 aromatic heterocycles. The zero-order valence-electron chi connectivity index (χ0n) is 7.62. The number of carbonyl (C=O) groups excluding carboxylic acids is 1. The molecule has 0 fully saturated rings. The third-order valence-corrected chi connectivity index (χ3v) is 2.45. The summed E-state index contributed by atoms with van der Waals surface area (Å²) < 4.78 is 6.90. The predicted molar refractivity (Wildman–Crippen MR) is 46.6 cm³/mol. The minimum atomic E-state index is 0.432. The molecule has 4 nitrogen and oxygen atoms in total. The molecule has 2 heterocycles. The van der Waals surface area contributed by atoms with Crippen molar-refractivity contribution in [3.8, 4) is 5.88 Å². The van der Waals surface area contributed by atoms with Crippen LogP contribution in [0.25, 0.3) is 0 Å². The molecule has 0 spiro atoms. The molecule has 0 radical (unpaired) electrons. The Bertz CT molecular complexity index is 331. The number of fused-ring (bicyclic) bond motifs is 1. The summed E-state index contributed by atoms with van der Waals surface area (Å²) >= 11 is 0. The molecule has 0 atom stereocenters. The average Bonchev–Trinajstić information content (AvgIpc) is 2.46. The number of rotatable bonds is 2. The molecule has 0 amide bonds. The molecule has 13 heavy (non-hydrogen) atoms. The van der Waals surface area contributed by atoms with E-state index in [-0.39, 0.29) is 0 Å². The summed E-state index contributed by atoms with van der Waals surface area (Å²) in [7, 11) is 0. The Morgan fingerprint density at radius 2 is 2.38 bits per heavy atom. The van der Waals surface area contributed by atoms with Crippen molar-refractivity contribution < 1.29 is 9.53 Å². The zero-order valence-corrected chi connectivity index (χ0v) is 7.62. The van der Waals surface area contributed by atoms with E-state index >= 15 is 0 Å². The average molecular weight is 180 g/mol. The number of imidazole rings is 1. The lowest BCUT2D eigenvalue weighted by atomic mass is 10.2. The van der Waals surface area contributed by atoms with Gasteiger partial charge < -0.3 is 9.30 Å². The van der Waals surface area contributed by atoms with Crippen LogP contribution in [0.15, 0.2) is 0 Å². The van der Waals surface area contributed by atoms with Crippen molar-refractivity contribution in [1.29, 1.82) is 0 Å². The van der Waals surface area contributed by atoms with Crippen LogP contribution in [0.2, 0.25) is 0 Å². The van der Waals surface area contributed by atoms with Gasteiger partial charge >= 0.3 is 0 Å². The van der Waals surface area contributed by atoms with E-state index in [0.717, 1.165) is 24.5 Å². The number of aromatic nitrogens is 2. The molecular weight excluding hydrogens is 168 g/mol. The van der Waals surface area contributed by atoms with E-state index in [1.54, 1.807) is 0 Å². The molecular formula is C9H12N2O2. The van der Waals surface area contributed by atoms with Crippen LogP contribution in [0.3, 0.4) is 0 Å². The summed E-state index contributed by atoms with van der Waals surface area (Å²) in [5.74, 6) is 1.51. The molecule has 1 aliphatic rings. The van der Waals surface area contributed by atoms with E-state index in [4.69, 9.17) is 4.74 Å². The molecule has 1 aromatic rings. The monoisotopic (exact) mass is 180 g/mol. The summed E-state index contributed by atoms with van der Waals surface area (Å²) in [5.41, 5.74) is 0.960. The normalized spacial score (nSPS) is 15.2. The third-order valence-electron chi connectivity index (χ3n) is 2.45. The van der Waals surface area contributed by atoms with Gasteiger partial charge in [0.1, 0.15) is 5.82 Å². The smallest absolute Gasteiger partial charge is 0.299 e. The van der Waals surface area contributed by atoms with Gasteiger partial charge in [-0.2, -0.15) is 4.98 Å². The highest BCUT2D eigenvalue weighted by Crippen LogP contribution is 2.23. The topological polar surface area (TPSA) is 44.1 Å². The molecule has 70 valence electrons. The first-order valence-corrected chi connectivity index (χ1v) is 4.49. The van der Waals surface area contributed by atoms with Crippen LogP contribution in [-0.2, 0) is 17.8 Å². The summed E-state index contributed by atoms with van der Waals surface area (Å²) in [6.45, 7) is 3.36. The Morgan fingerprint density at radius 1 is 1.54 bits per heavy atom. The van der Waals surface area contributed by atoms with E-state index < -0.39 is 0 Å². The van der Waals surface area contributed by atoms with Crippen molar-refractivity contribution in [2.24, 2.45) is 0 Å². The number of aryl methyl sites for hydroxylation is 1. The third kappa shape index (κ3) is 1.32. The Morgan fingerprint density at radius 3 is 3.08 bits per heavy atom. The predicted octanol–water partition coefficient (Wildman–Crippen LogP) is 1.06. The van der Waals surface area contributed by atoms with Crippen LogP contribution in [0.4, 0.5) is 0 Å². The Hall–Kier alpha value is -1.32. The van der Waals surface area contributed by atoms with Crippen molar-refractivity contribution in [1.82, 2.24) is 9.55 Å². The van der Waals surface area contributed by atoms with Crippen molar-refractivity contribution in [2.75, 3.05) is 0 Å². The van der Waals surface area contributed by atoms with Crippen LogP contribution in [0.1, 0.15) is 24.4 Å². The van der Waals surface area contributed by atoms with Crippen LogP contribution >= 0.6 is 0 Å². The molecule has 0 saturated heterocycles.